The lowest BCUT2D eigenvalue weighted by molar-refractivity contribution is -0.140. The third kappa shape index (κ3) is 3.20. The number of carbonyl (C=O) groups is 1. The van der Waals surface area contributed by atoms with Crippen LogP contribution >= 0.6 is 0 Å². The van der Waals surface area contributed by atoms with E-state index < -0.39 is 0 Å². The third-order valence-electron chi connectivity index (χ3n) is 1.79. The van der Waals surface area contributed by atoms with E-state index in [1.807, 2.05) is 27.7 Å². The van der Waals surface area contributed by atoms with Crippen molar-refractivity contribution < 1.29 is 14.1 Å². The normalized spacial score (nSPS) is 8.93. The van der Waals surface area contributed by atoms with Gasteiger partial charge >= 0.3 is 5.97 Å². The number of esters is 1. The van der Waals surface area contributed by atoms with Crippen LogP contribution in [0.1, 0.15) is 30.9 Å². The van der Waals surface area contributed by atoms with Gasteiger partial charge in [-0.2, -0.15) is 0 Å². The lowest BCUT2D eigenvalue weighted by Crippen LogP contribution is -2.04. The molecule has 0 unspecified atom stereocenters. The van der Waals surface area contributed by atoms with Crippen LogP contribution < -0.4 is 0 Å². The van der Waals surface area contributed by atoms with Crippen molar-refractivity contribution >= 4 is 5.97 Å². The Morgan fingerprint density at radius 1 is 1.43 bits per heavy atom. The van der Waals surface area contributed by atoms with E-state index >= 15 is 0 Å². The summed E-state index contributed by atoms with van der Waals surface area (Å²) in [6.07, 6.45) is 0.156. The molecule has 0 saturated carbocycles. The summed E-state index contributed by atoms with van der Waals surface area (Å²) in [6, 6.07) is 0. The molecule has 0 N–H and O–H groups in total. The lowest BCUT2D eigenvalue weighted by Gasteiger charge is -1.94. The fourth-order valence-corrected chi connectivity index (χ4v) is 0.830. The van der Waals surface area contributed by atoms with Gasteiger partial charge in [0.1, 0.15) is 6.42 Å². The minimum absolute atomic E-state index is 0.156. The molecule has 0 aliphatic rings. The predicted octanol–water partition coefficient (Wildman–Crippen LogP) is 2.03. The minimum atomic E-state index is -0.311. The highest BCUT2D eigenvalue weighted by molar-refractivity contribution is 5.71. The lowest BCUT2D eigenvalue weighted by atomic mass is 10.2. The average molecular weight is 199 g/mol. The van der Waals surface area contributed by atoms with Gasteiger partial charge in [-0.15, -0.1) is 0 Å². The van der Waals surface area contributed by atoms with Gasteiger partial charge in [0.05, 0.1) is 12.8 Å². The van der Waals surface area contributed by atoms with Gasteiger partial charge in [0.25, 0.3) is 0 Å². The largest absolute Gasteiger partial charge is 0.469 e. The number of aromatic nitrogens is 1. The maximum Gasteiger partial charge on any atom is 0.313 e. The van der Waals surface area contributed by atoms with Gasteiger partial charge in [-0.05, 0) is 13.8 Å². The zero-order valence-corrected chi connectivity index (χ0v) is 9.38. The maximum absolute atomic E-state index is 10.8. The van der Waals surface area contributed by atoms with E-state index in [4.69, 9.17) is 4.52 Å². The summed E-state index contributed by atoms with van der Waals surface area (Å²) in [5.74, 6) is 0.272. The molecule has 1 aromatic rings. The molecular formula is C10H17NO3. The zero-order chi connectivity index (χ0) is 11.1. The molecule has 0 aliphatic carbocycles. The van der Waals surface area contributed by atoms with E-state index in [1.54, 1.807) is 0 Å². The van der Waals surface area contributed by atoms with E-state index in [1.165, 1.54) is 7.11 Å². The molecule has 0 bridgehead atoms. The molecule has 1 aromatic heterocycles. The van der Waals surface area contributed by atoms with Gasteiger partial charge in [-0.3, -0.25) is 4.79 Å². The molecular weight excluding hydrogens is 182 g/mol. The van der Waals surface area contributed by atoms with E-state index in [0.717, 1.165) is 11.3 Å². The fraction of sp³-hybridized carbons (Fsp3) is 0.600. The van der Waals surface area contributed by atoms with E-state index in [-0.39, 0.29) is 12.4 Å². The number of hydrogen-bond acceptors (Lipinski definition) is 4. The second kappa shape index (κ2) is 6.18. The van der Waals surface area contributed by atoms with Gasteiger partial charge in [0, 0.05) is 5.56 Å². The first-order chi connectivity index (χ1) is 6.65. The second-order valence-electron chi connectivity index (χ2n) is 2.57. The zero-order valence-electron chi connectivity index (χ0n) is 9.38. The Morgan fingerprint density at radius 2 is 2.00 bits per heavy atom. The van der Waals surface area contributed by atoms with Gasteiger partial charge in [0.2, 0.25) is 0 Å². The number of methoxy groups -OCH3 is 1. The van der Waals surface area contributed by atoms with E-state index in [0.29, 0.717) is 5.76 Å². The Morgan fingerprint density at radius 3 is 2.36 bits per heavy atom. The van der Waals surface area contributed by atoms with Gasteiger partial charge in [0.15, 0.2) is 5.76 Å². The number of ether oxygens (including phenoxy) is 1. The van der Waals surface area contributed by atoms with Crippen molar-refractivity contribution in [2.45, 2.75) is 34.1 Å². The van der Waals surface area contributed by atoms with Crippen LogP contribution in [0, 0.1) is 13.8 Å². The summed E-state index contributed by atoms with van der Waals surface area (Å²) in [5.41, 5.74) is 1.73. The molecule has 0 amide bonds. The van der Waals surface area contributed by atoms with Crippen LogP contribution in [0.15, 0.2) is 4.52 Å². The highest BCUT2D eigenvalue weighted by Crippen LogP contribution is 2.12. The Bertz CT molecular complexity index is 292. The standard InChI is InChI=1S/C8H11NO3.C2H6/c1-5-6(2)9-12-7(5)4-8(10)11-3;1-2/h4H2,1-3H3;1-2H3. The SMILES string of the molecule is CC.COC(=O)Cc1onc(C)c1C. The van der Waals surface area contributed by atoms with Crippen molar-refractivity contribution in [2.75, 3.05) is 7.11 Å². The highest BCUT2D eigenvalue weighted by Gasteiger charge is 2.12. The number of nitrogens with zero attached hydrogens (tertiary/aromatic N) is 1. The molecule has 1 rings (SSSR count). The van der Waals surface area contributed by atoms with Crippen LogP contribution in [0.3, 0.4) is 0 Å². The molecule has 0 atom stereocenters. The predicted molar refractivity (Wildman–Crippen MR) is 53.0 cm³/mol. The van der Waals surface area contributed by atoms with Crippen molar-refractivity contribution in [3.8, 4) is 0 Å². The van der Waals surface area contributed by atoms with Crippen molar-refractivity contribution in [1.82, 2.24) is 5.16 Å². The van der Waals surface area contributed by atoms with Gasteiger partial charge in [-0.25, -0.2) is 0 Å². The Labute approximate surface area is 84.2 Å². The number of carbonyl (C=O) groups excluding carboxylic acids is 1. The number of rotatable bonds is 2. The number of aryl methyl sites for hydroxylation is 1. The Balaban J connectivity index is 0.000000791. The summed E-state index contributed by atoms with van der Waals surface area (Å²) < 4.78 is 9.41. The van der Waals surface area contributed by atoms with Crippen LogP contribution in [-0.4, -0.2) is 18.2 Å². The Hall–Kier alpha value is -1.32. The first kappa shape index (κ1) is 12.7. The summed E-state index contributed by atoms with van der Waals surface area (Å²) in [7, 11) is 1.35. The van der Waals surface area contributed by atoms with E-state index in [2.05, 4.69) is 9.89 Å². The molecule has 0 spiro atoms. The van der Waals surface area contributed by atoms with Gasteiger partial charge in [-0.1, -0.05) is 19.0 Å². The first-order valence-corrected chi connectivity index (χ1v) is 4.63. The summed E-state index contributed by atoms with van der Waals surface area (Å²) >= 11 is 0. The maximum atomic E-state index is 10.8. The third-order valence-corrected chi connectivity index (χ3v) is 1.79. The molecule has 0 fully saturated rings. The molecule has 4 nitrogen and oxygen atoms in total. The quantitative estimate of drug-likeness (QED) is 0.684. The highest BCUT2D eigenvalue weighted by atomic mass is 16.5. The smallest absolute Gasteiger partial charge is 0.313 e. The van der Waals surface area contributed by atoms with Crippen molar-refractivity contribution in [1.29, 1.82) is 0 Å². The molecule has 0 radical (unpaired) electrons. The van der Waals surface area contributed by atoms with E-state index in [9.17, 15) is 4.79 Å². The van der Waals surface area contributed by atoms with Crippen molar-refractivity contribution in [3.63, 3.8) is 0 Å². The van der Waals surface area contributed by atoms with Gasteiger partial charge < -0.3 is 9.26 Å². The Kier molecular flexibility index (Phi) is 5.60. The molecule has 0 aliphatic heterocycles. The summed E-state index contributed by atoms with van der Waals surface area (Å²) in [5, 5.41) is 3.72. The minimum Gasteiger partial charge on any atom is -0.469 e. The van der Waals surface area contributed by atoms with Crippen LogP contribution in [0.2, 0.25) is 0 Å². The molecule has 0 saturated heterocycles. The number of hydrogen-bond donors (Lipinski definition) is 0. The van der Waals surface area contributed by atoms with Crippen LogP contribution in [0.4, 0.5) is 0 Å². The molecule has 4 heteroatoms. The molecule has 0 aromatic carbocycles. The second-order valence-corrected chi connectivity index (χ2v) is 2.57. The monoisotopic (exact) mass is 199 g/mol. The molecule has 80 valence electrons. The summed E-state index contributed by atoms with van der Waals surface area (Å²) in [6.45, 7) is 7.70. The van der Waals surface area contributed by atoms with Crippen molar-refractivity contribution in [3.05, 3.63) is 17.0 Å². The fourth-order valence-electron chi connectivity index (χ4n) is 0.830. The first-order valence-electron chi connectivity index (χ1n) is 4.63. The average Bonchev–Trinajstić information content (AvgIpc) is 2.52. The molecule has 1 heterocycles. The van der Waals surface area contributed by atoms with Crippen LogP contribution in [0.5, 0.6) is 0 Å². The van der Waals surface area contributed by atoms with Crippen LogP contribution in [-0.2, 0) is 16.0 Å². The van der Waals surface area contributed by atoms with Crippen LogP contribution in [0.25, 0.3) is 0 Å². The topological polar surface area (TPSA) is 52.3 Å². The molecule has 14 heavy (non-hydrogen) atoms. The van der Waals surface area contributed by atoms with Crippen molar-refractivity contribution in [2.24, 2.45) is 0 Å². The summed E-state index contributed by atoms with van der Waals surface area (Å²) in [4.78, 5) is 10.8.